The van der Waals surface area contributed by atoms with Gasteiger partial charge in [0.05, 0.1) is 5.60 Å². The van der Waals surface area contributed by atoms with Crippen molar-refractivity contribution in [3.8, 4) is 5.75 Å². The van der Waals surface area contributed by atoms with Crippen molar-refractivity contribution < 1.29 is 24.5 Å². The first-order chi connectivity index (χ1) is 9.88. The fourth-order valence-electron chi connectivity index (χ4n) is 2.35. The number of nitrogens with zero attached hydrogens (tertiary/aromatic N) is 1. The van der Waals surface area contributed by atoms with Gasteiger partial charge in [-0.3, -0.25) is 9.59 Å². The Morgan fingerprint density at radius 2 is 2.05 bits per heavy atom. The molecule has 0 aliphatic carbocycles. The summed E-state index contributed by atoms with van der Waals surface area (Å²) in [5, 5.41) is 18.0. The monoisotopic (exact) mass is 293 g/mol. The van der Waals surface area contributed by atoms with Crippen LogP contribution in [0.3, 0.4) is 0 Å². The van der Waals surface area contributed by atoms with Gasteiger partial charge >= 0.3 is 5.97 Å². The first kappa shape index (κ1) is 15.3. The second kappa shape index (κ2) is 6.13. The van der Waals surface area contributed by atoms with Gasteiger partial charge in [0.15, 0.2) is 0 Å². The first-order valence-corrected chi connectivity index (χ1v) is 6.79. The Morgan fingerprint density at radius 3 is 2.67 bits per heavy atom. The largest absolute Gasteiger partial charge is 0.508 e. The number of ether oxygens (including phenoxy) is 1. The number of carboxylic acid groups (broad SMARTS) is 1. The van der Waals surface area contributed by atoms with Crippen LogP contribution in [-0.4, -0.2) is 45.7 Å². The highest BCUT2D eigenvalue weighted by molar-refractivity contribution is 5.78. The molecule has 114 valence electrons. The predicted molar refractivity (Wildman–Crippen MR) is 74.8 cm³/mol. The lowest BCUT2D eigenvalue weighted by Crippen LogP contribution is -2.52. The quantitative estimate of drug-likeness (QED) is 0.856. The maximum absolute atomic E-state index is 11.9. The molecule has 1 heterocycles. The van der Waals surface area contributed by atoms with Gasteiger partial charge in [-0.15, -0.1) is 0 Å². The fraction of sp³-hybridized carbons (Fsp3) is 0.467. The lowest BCUT2D eigenvalue weighted by Gasteiger charge is -2.40. The molecule has 1 fully saturated rings. The molecule has 1 aliphatic heterocycles. The van der Waals surface area contributed by atoms with Crippen molar-refractivity contribution in [2.24, 2.45) is 0 Å². The Balaban J connectivity index is 2.02. The van der Waals surface area contributed by atoms with Crippen molar-refractivity contribution in [2.45, 2.75) is 31.9 Å². The van der Waals surface area contributed by atoms with Gasteiger partial charge in [0.1, 0.15) is 12.4 Å². The maximum Gasteiger partial charge on any atom is 0.303 e. The number of hydrogen-bond acceptors (Lipinski definition) is 4. The lowest BCUT2D eigenvalue weighted by atomic mass is 9.97. The minimum atomic E-state index is -0.873. The number of phenols is 1. The summed E-state index contributed by atoms with van der Waals surface area (Å²) in [4.78, 5) is 24.3. The number of benzene rings is 1. The number of rotatable bonds is 5. The van der Waals surface area contributed by atoms with E-state index >= 15 is 0 Å². The second-order valence-corrected chi connectivity index (χ2v) is 5.55. The molecule has 1 atom stereocenters. The fourth-order valence-corrected chi connectivity index (χ4v) is 2.35. The number of carboxylic acids is 1. The third-order valence-corrected chi connectivity index (χ3v) is 3.60. The SMILES string of the molecule is CC1(CCC(=O)O)CN(Cc2ccc(O)cc2)C(=O)CO1. The molecule has 1 saturated heterocycles. The summed E-state index contributed by atoms with van der Waals surface area (Å²) < 4.78 is 5.52. The summed E-state index contributed by atoms with van der Waals surface area (Å²) in [5.74, 6) is -0.809. The molecule has 6 nitrogen and oxygen atoms in total. The Morgan fingerprint density at radius 1 is 1.38 bits per heavy atom. The van der Waals surface area contributed by atoms with E-state index in [2.05, 4.69) is 0 Å². The van der Waals surface area contributed by atoms with Crippen LogP contribution >= 0.6 is 0 Å². The molecule has 1 aromatic carbocycles. The van der Waals surface area contributed by atoms with E-state index in [1.807, 2.05) is 6.92 Å². The van der Waals surface area contributed by atoms with Crippen LogP contribution in [0.25, 0.3) is 0 Å². The number of aromatic hydroxyl groups is 1. The summed E-state index contributed by atoms with van der Waals surface area (Å²) in [6.07, 6.45) is 0.374. The molecule has 6 heteroatoms. The van der Waals surface area contributed by atoms with Gasteiger partial charge in [0, 0.05) is 19.5 Å². The van der Waals surface area contributed by atoms with Crippen LogP contribution in [0.15, 0.2) is 24.3 Å². The van der Waals surface area contributed by atoms with Crippen molar-refractivity contribution in [2.75, 3.05) is 13.2 Å². The summed E-state index contributed by atoms with van der Waals surface area (Å²) in [5.41, 5.74) is 0.270. The van der Waals surface area contributed by atoms with Crippen LogP contribution in [0.5, 0.6) is 5.75 Å². The van der Waals surface area contributed by atoms with Gasteiger partial charge in [-0.2, -0.15) is 0 Å². The predicted octanol–water partition coefficient (Wildman–Crippen LogP) is 1.37. The van der Waals surface area contributed by atoms with Crippen molar-refractivity contribution >= 4 is 11.9 Å². The van der Waals surface area contributed by atoms with Crippen molar-refractivity contribution in [1.29, 1.82) is 0 Å². The summed E-state index contributed by atoms with van der Waals surface area (Å²) in [6, 6.07) is 6.66. The zero-order chi connectivity index (χ0) is 15.5. The van der Waals surface area contributed by atoms with E-state index in [4.69, 9.17) is 9.84 Å². The third-order valence-electron chi connectivity index (χ3n) is 3.60. The molecule has 0 radical (unpaired) electrons. The van der Waals surface area contributed by atoms with Crippen LogP contribution < -0.4 is 0 Å². The molecule has 1 amide bonds. The summed E-state index contributed by atoms with van der Waals surface area (Å²) in [6.45, 7) is 2.57. The third kappa shape index (κ3) is 4.19. The minimum absolute atomic E-state index is 0.0116. The molecule has 0 bridgehead atoms. The lowest BCUT2D eigenvalue weighted by molar-refractivity contribution is -0.164. The second-order valence-electron chi connectivity index (χ2n) is 5.55. The normalized spacial score (nSPS) is 22.3. The van der Waals surface area contributed by atoms with E-state index in [-0.39, 0.29) is 24.7 Å². The number of morpholine rings is 1. The molecule has 1 aromatic rings. The van der Waals surface area contributed by atoms with Gasteiger partial charge < -0.3 is 19.8 Å². The van der Waals surface area contributed by atoms with E-state index in [0.717, 1.165) is 5.56 Å². The Kier molecular flexibility index (Phi) is 4.47. The molecule has 1 aliphatic rings. The molecular weight excluding hydrogens is 274 g/mol. The Bertz CT molecular complexity index is 527. The van der Waals surface area contributed by atoms with Crippen LogP contribution in [-0.2, 0) is 20.9 Å². The standard InChI is InChI=1S/C15H19NO5/c1-15(7-6-14(19)20)10-16(13(18)9-21-15)8-11-2-4-12(17)5-3-11/h2-5,17H,6-10H2,1H3,(H,19,20). The van der Waals surface area contributed by atoms with E-state index in [0.29, 0.717) is 19.5 Å². The molecule has 21 heavy (non-hydrogen) atoms. The highest BCUT2D eigenvalue weighted by atomic mass is 16.5. The molecule has 0 aromatic heterocycles. The highest BCUT2D eigenvalue weighted by Crippen LogP contribution is 2.25. The molecule has 0 saturated carbocycles. The first-order valence-electron chi connectivity index (χ1n) is 6.79. The van der Waals surface area contributed by atoms with Crippen molar-refractivity contribution in [1.82, 2.24) is 4.90 Å². The van der Waals surface area contributed by atoms with Gasteiger partial charge in [-0.1, -0.05) is 12.1 Å². The molecule has 1 unspecified atom stereocenters. The molecule has 2 N–H and O–H groups in total. The Hall–Kier alpha value is -2.08. The minimum Gasteiger partial charge on any atom is -0.508 e. The Labute approximate surface area is 122 Å². The number of carbonyl (C=O) groups is 2. The summed E-state index contributed by atoms with van der Waals surface area (Å²) >= 11 is 0. The van der Waals surface area contributed by atoms with Gasteiger partial charge in [0.25, 0.3) is 0 Å². The van der Waals surface area contributed by atoms with Crippen LogP contribution in [0.4, 0.5) is 0 Å². The average molecular weight is 293 g/mol. The van der Waals surface area contributed by atoms with Crippen molar-refractivity contribution in [3.05, 3.63) is 29.8 Å². The van der Waals surface area contributed by atoms with Gasteiger partial charge in [-0.05, 0) is 31.0 Å². The number of aliphatic carboxylic acids is 1. The number of phenolic OH excluding ortho intramolecular Hbond substituents is 1. The average Bonchev–Trinajstić information content (AvgIpc) is 2.44. The zero-order valence-electron chi connectivity index (χ0n) is 11.9. The van der Waals surface area contributed by atoms with Crippen LogP contribution in [0.1, 0.15) is 25.3 Å². The van der Waals surface area contributed by atoms with E-state index in [1.165, 1.54) is 0 Å². The molecule has 2 rings (SSSR count). The van der Waals surface area contributed by atoms with Crippen LogP contribution in [0.2, 0.25) is 0 Å². The van der Waals surface area contributed by atoms with E-state index in [9.17, 15) is 14.7 Å². The number of carbonyl (C=O) groups excluding carboxylic acids is 1. The smallest absolute Gasteiger partial charge is 0.303 e. The van der Waals surface area contributed by atoms with Crippen LogP contribution in [0, 0.1) is 0 Å². The maximum atomic E-state index is 11.9. The van der Waals surface area contributed by atoms with Crippen molar-refractivity contribution in [3.63, 3.8) is 0 Å². The summed E-state index contributed by atoms with van der Waals surface area (Å²) in [7, 11) is 0. The number of amides is 1. The highest BCUT2D eigenvalue weighted by Gasteiger charge is 2.36. The topological polar surface area (TPSA) is 87.1 Å². The zero-order valence-corrected chi connectivity index (χ0v) is 11.9. The number of hydrogen-bond donors (Lipinski definition) is 2. The van der Waals surface area contributed by atoms with E-state index < -0.39 is 11.6 Å². The van der Waals surface area contributed by atoms with Gasteiger partial charge in [-0.25, -0.2) is 0 Å². The molecular formula is C15H19NO5. The van der Waals surface area contributed by atoms with Gasteiger partial charge in [0.2, 0.25) is 5.91 Å². The van der Waals surface area contributed by atoms with E-state index in [1.54, 1.807) is 29.2 Å². The molecule has 0 spiro atoms.